The Balaban J connectivity index is 0.00000220. The molecule has 9 heteroatoms. The van der Waals surface area contributed by atoms with Gasteiger partial charge < -0.3 is 5.73 Å². The summed E-state index contributed by atoms with van der Waals surface area (Å²) < 4.78 is 26.9. The molecule has 0 amide bonds. The highest BCUT2D eigenvalue weighted by atomic mass is 35.5. The normalized spacial score (nSPS) is 16.7. The van der Waals surface area contributed by atoms with E-state index >= 15 is 0 Å². The Hall–Kier alpha value is -1.22. The van der Waals surface area contributed by atoms with Crippen LogP contribution in [0.4, 0.5) is 5.69 Å². The van der Waals surface area contributed by atoms with E-state index in [9.17, 15) is 18.5 Å². The van der Waals surface area contributed by atoms with Gasteiger partial charge in [0, 0.05) is 23.7 Å². The Morgan fingerprint density at radius 1 is 1.43 bits per heavy atom. The number of nitrogens with one attached hydrogen (secondary N) is 1. The number of hydrogen-bond donors (Lipinski definition) is 2. The number of hydrogen-bond acceptors (Lipinski definition) is 5. The first kappa shape index (κ1) is 17.8. The molecule has 0 spiro atoms. The van der Waals surface area contributed by atoms with Crippen molar-refractivity contribution in [1.29, 1.82) is 0 Å². The lowest BCUT2D eigenvalue weighted by molar-refractivity contribution is -0.385. The van der Waals surface area contributed by atoms with Crippen LogP contribution in [-0.4, -0.2) is 25.4 Å². The van der Waals surface area contributed by atoms with Crippen LogP contribution >= 0.6 is 12.4 Å². The molecular weight excluding hydrogens is 318 g/mol. The lowest BCUT2D eigenvalue weighted by Gasteiger charge is -2.38. The van der Waals surface area contributed by atoms with Crippen LogP contribution in [0.2, 0.25) is 0 Å². The molecule has 0 saturated heterocycles. The van der Waals surface area contributed by atoms with Crippen LogP contribution in [0.25, 0.3) is 0 Å². The van der Waals surface area contributed by atoms with Gasteiger partial charge in [0.2, 0.25) is 10.0 Å². The van der Waals surface area contributed by atoms with Gasteiger partial charge in [-0.1, -0.05) is 6.07 Å². The lowest BCUT2D eigenvalue weighted by atomic mass is 9.78. The van der Waals surface area contributed by atoms with Crippen LogP contribution in [0.3, 0.4) is 0 Å². The average Bonchev–Trinajstić information content (AvgIpc) is 2.34. The maximum Gasteiger partial charge on any atom is 0.273 e. The summed E-state index contributed by atoms with van der Waals surface area (Å²) >= 11 is 0. The third kappa shape index (κ3) is 3.70. The van der Waals surface area contributed by atoms with Crippen molar-refractivity contribution >= 4 is 28.1 Å². The Labute approximate surface area is 129 Å². The van der Waals surface area contributed by atoms with E-state index in [1.165, 1.54) is 25.1 Å². The second-order valence-electron chi connectivity index (χ2n) is 5.20. The molecule has 1 fully saturated rings. The van der Waals surface area contributed by atoms with E-state index in [2.05, 4.69) is 4.72 Å². The maximum atomic E-state index is 12.2. The second kappa shape index (κ2) is 6.27. The monoisotopic (exact) mass is 335 g/mol. The van der Waals surface area contributed by atoms with Gasteiger partial charge in [-0.25, -0.2) is 13.1 Å². The van der Waals surface area contributed by atoms with Crippen molar-refractivity contribution in [2.45, 2.75) is 36.6 Å². The molecule has 1 aliphatic carbocycles. The molecule has 0 aliphatic heterocycles. The molecule has 2 rings (SSSR count). The summed E-state index contributed by atoms with van der Waals surface area (Å²) in [6, 6.07) is 4.00. The quantitative estimate of drug-likeness (QED) is 0.624. The molecule has 0 bridgehead atoms. The highest BCUT2D eigenvalue weighted by Crippen LogP contribution is 2.29. The molecule has 1 aromatic carbocycles. The predicted molar refractivity (Wildman–Crippen MR) is 81.0 cm³/mol. The Kier molecular flexibility index (Phi) is 5.32. The van der Waals surface area contributed by atoms with Crippen molar-refractivity contribution in [3.05, 3.63) is 33.9 Å². The fraction of sp³-hybridized carbons (Fsp3) is 0.500. The van der Waals surface area contributed by atoms with Gasteiger partial charge >= 0.3 is 0 Å². The highest BCUT2D eigenvalue weighted by Gasteiger charge is 2.34. The van der Waals surface area contributed by atoms with Gasteiger partial charge in [0.25, 0.3) is 5.69 Å². The van der Waals surface area contributed by atoms with Crippen molar-refractivity contribution in [2.24, 2.45) is 5.73 Å². The van der Waals surface area contributed by atoms with Crippen LogP contribution in [0.1, 0.15) is 24.8 Å². The lowest BCUT2D eigenvalue weighted by Crippen LogP contribution is -2.54. The summed E-state index contributed by atoms with van der Waals surface area (Å²) in [4.78, 5) is 10.2. The molecule has 1 aliphatic rings. The van der Waals surface area contributed by atoms with E-state index in [0.29, 0.717) is 0 Å². The van der Waals surface area contributed by atoms with Gasteiger partial charge in [0.1, 0.15) is 0 Å². The minimum Gasteiger partial charge on any atom is -0.324 e. The Morgan fingerprint density at radius 2 is 2.05 bits per heavy atom. The van der Waals surface area contributed by atoms with Crippen molar-refractivity contribution in [1.82, 2.24) is 4.72 Å². The summed E-state index contributed by atoms with van der Waals surface area (Å²) in [5, 5.41) is 10.8. The van der Waals surface area contributed by atoms with E-state index in [0.717, 1.165) is 19.3 Å². The molecule has 1 aromatic rings. The molecule has 0 radical (unpaired) electrons. The number of sulfonamides is 1. The molecule has 0 unspecified atom stereocenters. The van der Waals surface area contributed by atoms with Crippen LogP contribution in [0.5, 0.6) is 0 Å². The molecule has 1 saturated carbocycles. The summed E-state index contributed by atoms with van der Waals surface area (Å²) in [7, 11) is -3.79. The maximum absolute atomic E-state index is 12.2. The van der Waals surface area contributed by atoms with Crippen molar-refractivity contribution in [3.63, 3.8) is 0 Å². The molecule has 118 valence electrons. The number of nitrogens with two attached hydrogens (primary N) is 1. The van der Waals surface area contributed by atoms with Gasteiger partial charge in [-0.3, -0.25) is 10.1 Å². The zero-order valence-corrected chi connectivity index (χ0v) is 13.2. The molecule has 21 heavy (non-hydrogen) atoms. The van der Waals surface area contributed by atoms with Crippen molar-refractivity contribution < 1.29 is 13.3 Å². The minimum atomic E-state index is -3.79. The van der Waals surface area contributed by atoms with E-state index in [1.807, 2.05) is 0 Å². The third-order valence-corrected chi connectivity index (χ3v) is 5.25. The smallest absolute Gasteiger partial charge is 0.273 e. The summed E-state index contributed by atoms with van der Waals surface area (Å²) in [5.41, 5.74) is 5.40. The van der Waals surface area contributed by atoms with E-state index in [-0.39, 0.29) is 35.1 Å². The summed E-state index contributed by atoms with van der Waals surface area (Å²) in [6.45, 7) is 1.58. The van der Waals surface area contributed by atoms with Crippen LogP contribution in [0, 0.1) is 17.0 Å². The number of halogens is 1. The molecule has 3 N–H and O–H groups in total. The van der Waals surface area contributed by atoms with Gasteiger partial charge in [-0.2, -0.15) is 0 Å². The van der Waals surface area contributed by atoms with E-state index in [4.69, 9.17) is 5.73 Å². The van der Waals surface area contributed by atoms with Crippen LogP contribution < -0.4 is 10.5 Å². The van der Waals surface area contributed by atoms with Crippen molar-refractivity contribution in [2.75, 3.05) is 6.54 Å². The van der Waals surface area contributed by atoms with E-state index < -0.39 is 20.5 Å². The SMILES string of the molecule is Cc1c([N+](=O)[O-])cccc1S(=O)(=O)NCC1(N)CCC1.Cl. The summed E-state index contributed by atoms with van der Waals surface area (Å²) in [5.74, 6) is 0. The minimum absolute atomic E-state index is 0. The number of nitro groups is 1. The fourth-order valence-electron chi connectivity index (χ4n) is 2.22. The highest BCUT2D eigenvalue weighted by molar-refractivity contribution is 7.89. The number of nitrogens with zero attached hydrogens (tertiary/aromatic N) is 1. The topological polar surface area (TPSA) is 115 Å². The van der Waals surface area contributed by atoms with Gasteiger partial charge in [-0.15, -0.1) is 12.4 Å². The number of rotatable bonds is 5. The number of benzene rings is 1. The Bertz CT molecular complexity index is 644. The predicted octanol–water partition coefficient (Wildman–Crippen LogP) is 1.48. The van der Waals surface area contributed by atoms with E-state index in [1.54, 1.807) is 0 Å². The standard InChI is InChI=1S/C12H17N3O4S.ClH/c1-9-10(15(16)17)4-2-5-11(9)20(18,19)14-8-12(13)6-3-7-12;/h2,4-5,14H,3,6-8,13H2,1H3;1H. The van der Waals surface area contributed by atoms with Crippen LogP contribution in [-0.2, 0) is 10.0 Å². The third-order valence-electron chi connectivity index (χ3n) is 3.71. The molecule has 0 aromatic heterocycles. The molecule has 0 atom stereocenters. The first-order valence-electron chi connectivity index (χ1n) is 6.28. The zero-order chi connectivity index (χ0) is 15.0. The number of nitro benzene ring substituents is 1. The molecule has 0 heterocycles. The van der Waals surface area contributed by atoms with Gasteiger partial charge in [-0.05, 0) is 32.3 Å². The first-order chi connectivity index (χ1) is 9.25. The second-order valence-corrected chi connectivity index (χ2v) is 6.93. The van der Waals surface area contributed by atoms with Crippen LogP contribution in [0.15, 0.2) is 23.1 Å². The van der Waals surface area contributed by atoms with Gasteiger partial charge in [0.05, 0.1) is 9.82 Å². The van der Waals surface area contributed by atoms with Gasteiger partial charge in [0.15, 0.2) is 0 Å². The summed E-state index contributed by atoms with van der Waals surface area (Å²) in [6.07, 6.45) is 2.56. The fourth-order valence-corrected chi connectivity index (χ4v) is 3.61. The average molecular weight is 336 g/mol. The molecular formula is C12H18ClN3O4S. The van der Waals surface area contributed by atoms with Crippen molar-refractivity contribution in [3.8, 4) is 0 Å². The first-order valence-corrected chi connectivity index (χ1v) is 7.76. The largest absolute Gasteiger partial charge is 0.324 e. The Morgan fingerprint density at radius 3 is 2.52 bits per heavy atom. The molecule has 7 nitrogen and oxygen atoms in total. The zero-order valence-electron chi connectivity index (χ0n) is 11.5.